The second kappa shape index (κ2) is 12.5. The minimum Gasteiger partial charge on any atom is -0.493 e. The quantitative estimate of drug-likeness (QED) is 0.367. The van der Waals surface area contributed by atoms with Gasteiger partial charge in [0.05, 0.1) is 38.1 Å². The van der Waals surface area contributed by atoms with E-state index in [0.717, 1.165) is 0 Å². The zero-order valence-electron chi connectivity index (χ0n) is 24.8. The van der Waals surface area contributed by atoms with Crippen LogP contribution in [0, 0.1) is 19.8 Å². The molecule has 3 amide bonds. The topological polar surface area (TPSA) is 153 Å². The van der Waals surface area contributed by atoms with Gasteiger partial charge in [-0.2, -0.15) is 14.8 Å². The summed E-state index contributed by atoms with van der Waals surface area (Å²) < 4.78 is 18.9. The molecule has 13 heteroatoms. The average molecular weight is 590 g/mol. The first-order valence-electron chi connectivity index (χ1n) is 14.1. The van der Waals surface area contributed by atoms with Crippen molar-refractivity contribution in [3.63, 3.8) is 0 Å². The molecule has 0 aliphatic carbocycles. The first-order valence-corrected chi connectivity index (χ1v) is 14.1. The molecule has 1 atom stereocenters. The predicted octanol–water partition coefficient (Wildman–Crippen LogP) is 2.69. The third-order valence-corrected chi connectivity index (χ3v) is 7.26. The van der Waals surface area contributed by atoms with Crippen molar-refractivity contribution in [2.24, 2.45) is 5.92 Å². The van der Waals surface area contributed by atoms with E-state index in [9.17, 15) is 14.4 Å². The van der Waals surface area contributed by atoms with Crippen molar-refractivity contribution >= 4 is 23.2 Å². The van der Waals surface area contributed by atoms with Crippen LogP contribution in [0.2, 0.25) is 0 Å². The third kappa shape index (κ3) is 6.30. The number of aromatic nitrogens is 4. The Hall–Kier alpha value is -4.94. The monoisotopic (exact) mass is 589 g/mol. The Morgan fingerprint density at radius 2 is 2.00 bits per heavy atom. The fourth-order valence-corrected chi connectivity index (χ4v) is 4.96. The summed E-state index contributed by atoms with van der Waals surface area (Å²) in [5.74, 6) is 0.517. The molecular weight excluding hydrogens is 554 g/mol. The molecule has 1 aromatic carbocycles. The summed E-state index contributed by atoms with van der Waals surface area (Å²) in [6, 6.07) is 8.00. The summed E-state index contributed by atoms with van der Waals surface area (Å²) in [7, 11) is 1.55. The van der Waals surface area contributed by atoms with Gasteiger partial charge in [0.15, 0.2) is 11.5 Å². The van der Waals surface area contributed by atoms with E-state index in [1.807, 2.05) is 19.9 Å². The van der Waals surface area contributed by atoms with Crippen LogP contribution in [-0.2, 0) is 16.1 Å². The fraction of sp³-hybridized carbons (Fsp3) is 0.400. The van der Waals surface area contributed by atoms with Gasteiger partial charge in [-0.15, -0.1) is 0 Å². The van der Waals surface area contributed by atoms with Gasteiger partial charge in [-0.1, -0.05) is 13.8 Å². The van der Waals surface area contributed by atoms with E-state index in [1.165, 1.54) is 9.53 Å². The highest BCUT2D eigenvalue weighted by atomic mass is 16.5. The normalized spacial score (nSPS) is 16.7. The minimum atomic E-state index is -0.828. The van der Waals surface area contributed by atoms with Crippen LogP contribution in [0.3, 0.4) is 0 Å². The number of hydrogen-bond donors (Lipinski definition) is 2. The molecule has 0 fully saturated rings. The van der Waals surface area contributed by atoms with Crippen molar-refractivity contribution < 1.29 is 28.3 Å². The maximum atomic E-state index is 13.9. The van der Waals surface area contributed by atoms with E-state index >= 15 is 0 Å². The highest BCUT2D eigenvalue weighted by molar-refractivity contribution is 6.03. The number of nitrogens with one attached hydrogen (secondary N) is 2. The van der Waals surface area contributed by atoms with Crippen molar-refractivity contribution in [3.05, 3.63) is 59.2 Å². The number of methoxy groups -OCH3 is 1. The van der Waals surface area contributed by atoms with Gasteiger partial charge < -0.3 is 29.4 Å². The Balaban J connectivity index is 1.47. The zero-order valence-corrected chi connectivity index (χ0v) is 24.8. The van der Waals surface area contributed by atoms with Crippen LogP contribution in [-0.4, -0.2) is 75.3 Å². The van der Waals surface area contributed by atoms with Crippen LogP contribution in [0.1, 0.15) is 47.8 Å². The summed E-state index contributed by atoms with van der Waals surface area (Å²) in [5.41, 5.74) is 2.62. The second-order valence-electron chi connectivity index (χ2n) is 10.7. The Morgan fingerprint density at radius 3 is 2.77 bits per heavy atom. The van der Waals surface area contributed by atoms with Crippen molar-refractivity contribution in [2.45, 2.75) is 46.7 Å². The van der Waals surface area contributed by atoms with E-state index in [1.54, 1.807) is 51.4 Å². The van der Waals surface area contributed by atoms with E-state index in [2.05, 4.69) is 25.8 Å². The van der Waals surface area contributed by atoms with E-state index in [0.29, 0.717) is 57.6 Å². The number of benzene rings is 1. The lowest BCUT2D eigenvalue weighted by Gasteiger charge is -2.26. The molecule has 2 N–H and O–H groups in total. The molecule has 1 aliphatic rings. The number of carbonyl (C=O) groups is 3. The Bertz CT molecular complexity index is 1660. The molecule has 226 valence electrons. The number of rotatable bonds is 3. The number of carbonyl (C=O) groups excluding carboxylic acids is 3. The SMILES string of the molecule is COc1ccc2cc1OCCCN(C(=O)c1c(C)nn3ncccc13)CC(=O)N[C@@H](C(C)C)C(=O)NCc1nc-2oc1C. The lowest BCUT2D eigenvalue weighted by molar-refractivity contribution is -0.130. The summed E-state index contributed by atoms with van der Waals surface area (Å²) in [4.78, 5) is 46.5. The molecule has 0 saturated heterocycles. The smallest absolute Gasteiger partial charge is 0.258 e. The Morgan fingerprint density at radius 1 is 1.19 bits per heavy atom. The van der Waals surface area contributed by atoms with Gasteiger partial charge in [-0.3, -0.25) is 14.4 Å². The molecule has 3 aromatic heterocycles. The number of hydrogen-bond acceptors (Lipinski definition) is 9. The molecular formula is C30H35N7O6. The lowest BCUT2D eigenvalue weighted by Crippen LogP contribution is -2.52. The number of nitrogens with zero attached hydrogens (tertiary/aromatic N) is 5. The molecule has 5 rings (SSSR count). The first-order chi connectivity index (χ1) is 20.7. The van der Waals surface area contributed by atoms with Crippen LogP contribution in [0.15, 0.2) is 40.9 Å². The Kier molecular flexibility index (Phi) is 8.60. The molecule has 0 saturated carbocycles. The van der Waals surface area contributed by atoms with Gasteiger partial charge in [0, 0.05) is 18.3 Å². The van der Waals surface area contributed by atoms with Crippen molar-refractivity contribution in [1.29, 1.82) is 0 Å². The van der Waals surface area contributed by atoms with Gasteiger partial charge >= 0.3 is 0 Å². The molecule has 0 unspecified atom stereocenters. The molecule has 4 heterocycles. The number of ether oxygens (including phenoxy) is 2. The van der Waals surface area contributed by atoms with E-state index in [4.69, 9.17) is 13.9 Å². The molecule has 4 bridgehead atoms. The molecule has 0 radical (unpaired) electrons. The molecule has 1 aliphatic heterocycles. The molecule has 4 aromatic rings. The second-order valence-corrected chi connectivity index (χ2v) is 10.7. The fourth-order valence-electron chi connectivity index (χ4n) is 4.96. The maximum Gasteiger partial charge on any atom is 0.258 e. The number of aryl methyl sites for hydroxylation is 2. The van der Waals surface area contributed by atoms with Crippen LogP contribution >= 0.6 is 0 Å². The van der Waals surface area contributed by atoms with Gasteiger partial charge in [-0.05, 0) is 56.5 Å². The highest BCUT2D eigenvalue weighted by Gasteiger charge is 2.29. The van der Waals surface area contributed by atoms with E-state index < -0.39 is 11.9 Å². The van der Waals surface area contributed by atoms with Gasteiger partial charge in [0.2, 0.25) is 17.7 Å². The summed E-state index contributed by atoms with van der Waals surface area (Å²) in [6.45, 7) is 7.45. The van der Waals surface area contributed by atoms with Gasteiger partial charge in [-0.25, -0.2) is 4.98 Å². The van der Waals surface area contributed by atoms with Crippen molar-refractivity contribution in [2.75, 3.05) is 26.8 Å². The lowest BCUT2D eigenvalue weighted by atomic mass is 10.0. The molecule has 13 nitrogen and oxygen atoms in total. The largest absolute Gasteiger partial charge is 0.493 e. The minimum absolute atomic E-state index is 0.111. The summed E-state index contributed by atoms with van der Waals surface area (Å²) >= 11 is 0. The third-order valence-electron chi connectivity index (χ3n) is 7.26. The summed E-state index contributed by atoms with van der Waals surface area (Å²) in [5, 5.41) is 14.2. The average Bonchev–Trinajstić information content (AvgIpc) is 3.53. The van der Waals surface area contributed by atoms with Gasteiger partial charge in [0.25, 0.3) is 5.91 Å². The van der Waals surface area contributed by atoms with Crippen LogP contribution in [0.5, 0.6) is 11.5 Å². The van der Waals surface area contributed by atoms with Crippen molar-refractivity contribution in [3.8, 4) is 23.0 Å². The summed E-state index contributed by atoms with van der Waals surface area (Å²) in [6.07, 6.45) is 1.98. The number of amides is 3. The van der Waals surface area contributed by atoms with Crippen LogP contribution in [0.4, 0.5) is 0 Å². The zero-order chi connectivity index (χ0) is 30.7. The molecule has 43 heavy (non-hydrogen) atoms. The maximum absolute atomic E-state index is 13.9. The van der Waals surface area contributed by atoms with Crippen LogP contribution in [0.25, 0.3) is 17.0 Å². The highest BCUT2D eigenvalue weighted by Crippen LogP contribution is 2.33. The van der Waals surface area contributed by atoms with E-state index in [-0.39, 0.29) is 44.0 Å². The number of fused-ring (bicyclic) bond motifs is 6. The van der Waals surface area contributed by atoms with Crippen LogP contribution < -0.4 is 20.1 Å². The number of oxazole rings is 1. The predicted molar refractivity (Wildman–Crippen MR) is 156 cm³/mol. The molecule has 0 spiro atoms. The van der Waals surface area contributed by atoms with Crippen molar-refractivity contribution in [1.82, 2.24) is 35.3 Å². The first kappa shape index (κ1) is 29.5. The standard InChI is InChI=1S/C30H35N7O6/c1-17(2)27-28(39)31-15-21-19(4)43-29(33-21)20-9-10-23(41-5)24(14-20)42-13-7-12-36(16-25(38)34-27)30(40)26-18(3)35-37-22(26)8-6-11-32-37/h6,8-11,14,17,27H,7,12-13,15-16H2,1-5H3,(H,31,39)(H,34,38)/t27-/m0/s1. The Labute approximate surface area is 248 Å². The van der Waals surface area contributed by atoms with Gasteiger partial charge in [0.1, 0.15) is 23.0 Å².